The van der Waals surface area contributed by atoms with Gasteiger partial charge in [0.2, 0.25) is 0 Å². The molecule has 0 radical (unpaired) electrons. The summed E-state index contributed by atoms with van der Waals surface area (Å²) in [6.45, 7) is 0.375. The molecule has 0 atom stereocenters. The Morgan fingerprint density at radius 1 is 1.22 bits per heavy atom. The fourth-order valence-electron chi connectivity index (χ4n) is 3.09. The Morgan fingerprint density at radius 2 is 1.96 bits per heavy atom. The lowest BCUT2D eigenvalue weighted by atomic mass is 9.86. The van der Waals surface area contributed by atoms with Gasteiger partial charge in [-0.2, -0.15) is 5.26 Å². The number of aryl methyl sites for hydroxylation is 1. The molecule has 3 rings (SSSR count). The molecule has 1 aromatic heterocycles. The zero-order valence-corrected chi connectivity index (χ0v) is 13.5. The van der Waals surface area contributed by atoms with E-state index in [-0.39, 0.29) is 6.61 Å². The van der Waals surface area contributed by atoms with Gasteiger partial charge in [-0.3, -0.25) is 0 Å². The van der Waals surface area contributed by atoms with Crippen LogP contribution in [0.15, 0.2) is 24.3 Å². The molecule has 5 heteroatoms. The molecule has 0 bridgehead atoms. The smallest absolute Gasteiger partial charge is 0.144 e. The average Bonchev–Trinajstić information content (AvgIpc) is 2.59. The molecule has 1 aromatic carbocycles. The molecule has 0 fully saturated rings. The van der Waals surface area contributed by atoms with Crippen LogP contribution in [0.4, 0.5) is 5.82 Å². The quantitative estimate of drug-likeness (QED) is 0.901. The summed E-state index contributed by atoms with van der Waals surface area (Å²) in [5.74, 6) is 0.562. The molecule has 4 nitrogen and oxygen atoms in total. The van der Waals surface area contributed by atoms with Crippen LogP contribution in [0.2, 0.25) is 5.02 Å². The van der Waals surface area contributed by atoms with Crippen molar-refractivity contribution in [2.45, 2.75) is 25.7 Å². The number of nitriles is 1. The molecule has 1 heterocycles. The molecule has 0 amide bonds. The van der Waals surface area contributed by atoms with Crippen LogP contribution in [-0.4, -0.2) is 23.2 Å². The fraction of sp³-hybridized carbons (Fsp3) is 0.333. The van der Waals surface area contributed by atoms with Crippen molar-refractivity contribution in [1.29, 1.82) is 5.26 Å². The largest absolute Gasteiger partial charge is 0.395 e. The summed E-state index contributed by atoms with van der Waals surface area (Å²) in [6, 6.07) is 9.88. The van der Waals surface area contributed by atoms with Crippen molar-refractivity contribution in [3.05, 3.63) is 46.1 Å². The molecule has 0 spiro atoms. The number of nitrogens with one attached hydrogen (secondary N) is 1. The topological polar surface area (TPSA) is 68.9 Å². The van der Waals surface area contributed by atoms with Crippen LogP contribution >= 0.6 is 11.6 Å². The van der Waals surface area contributed by atoms with E-state index in [1.807, 2.05) is 24.3 Å². The molecule has 2 aromatic rings. The van der Waals surface area contributed by atoms with E-state index in [0.29, 0.717) is 22.9 Å². The number of anilines is 1. The molecule has 0 saturated carbocycles. The maximum atomic E-state index is 9.70. The second-order valence-corrected chi connectivity index (χ2v) is 6.05. The summed E-state index contributed by atoms with van der Waals surface area (Å²) in [7, 11) is 0. The molecule has 0 saturated heterocycles. The van der Waals surface area contributed by atoms with E-state index in [0.717, 1.165) is 42.5 Å². The third-order valence-electron chi connectivity index (χ3n) is 4.12. The van der Waals surface area contributed by atoms with E-state index in [1.165, 1.54) is 5.56 Å². The summed E-state index contributed by atoms with van der Waals surface area (Å²) >= 11 is 6.00. The predicted molar refractivity (Wildman–Crippen MR) is 91.6 cm³/mol. The number of nitrogens with zero attached hydrogens (tertiary/aromatic N) is 2. The van der Waals surface area contributed by atoms with Crippen molar-refractivity contribution < 1.29 is 5.11 Å². The summed E-state index contributed by atoms with van der Waals surface area (Å²) in [6.07, 6.45) is 4.10. The van der Waals surface area contributed by atoms with Crippen molar-refractivity contribution in [2.24, 2.45) is 0 Å². The highest BCUT2D eigenvalue weighted by molar-refractivity contribution is 6.30. The highest BCUT2D eigenvalue weighted by Gasteiger charge is 2.22. The number of pyridine rings is 1. The number of aliphatic hydroxyl groups is 1. The highest BCUT2D eigenvalue weighted by atomic mass is 35.5. The van der Waals surface area contributed by atoms with Crippen LogP contribution in [0.3, 0.4) is 0 Å². The van der Waals surface area contributed by atoms with Gasteiger partial charge in [0.15, 0.2) is 0 Å². The Morgan fingerprint density at radius 3 is 2.65 bits per heavy atom. The third kappa shape index (κ3) is 3.17. The van der Waals surface area contributed by atoms with Gasteiger partial charge >= 0.3 is 0 Å². The van der Waals surface area contributed by atoms with Crippen molar-refractivity contribution in [3.8, 4) is 17.2 Å². The number of halogens is 1. The van der Waals surface area contributed by atoms with Crippen molar-refractivity contribution in [1.82, 2.24) is 4.98 Å². The molecular formula is C18H18ClN3O. The van der Waals surface area contributed by atoms with Gasteiger partial charge in [-0.1, -0.05) is 23.7 Å². The Balaban J connectivity index is 2.21. The van der Waals surface area contributed by atoms with Gasteiger partial charge in [0, 0.05) is 22.8 Å². The second-order valence-electron chi connectivity index (χ2n) is 5.61. The van der Waals surface area contributed by atoms with Crippen LogP contribution in [0.1, 0.15) is 29.7 Å². The number of hydrogen-bond donors (Lipinski definition) is 2. The standard InChI is InChI=1S/C18H18ClN3O/c19-13-7-5-12(6-8-13)17-14-3-1-2-4-16(14)22-18(15(17)11-20)21-9-10-23/h5-8,23H,1-4,9-10H2,(H,21,22). The van der Waals surface area contributed by atoms with Crippen molar-refractivity contribution in [3.63, 3.8) is 0 Å². The monoisotopic (exact) mass is 327 g/mol. The summed E-state index contributed by atoms with van der Waals surface area (Å²) in [4.78, 5) is 4.65. The normalized spacial score (nSPS) is 13.3. The average molecular weight is 328 g/mol. The van der Waals surface area contributed by atoms with Crippen LogP contribution in [0.25, 0.3) is 11.1 Å². The van der Waals surface area contributed by atoms with E-state index in [9.17, 15) is 5.26 Å². The van der Waals surface area contributed by atoms with Gasteiger partial charge in [-0.15, -0.1) is 0 Å². The summed E-state index contributed by atoms with van der Waals surface area (Å²) in [5, 5.41) is 22.5. The summed E-state index contributed by atoms with van der Waals surface area (Å²) in [5.41, 5.74) is 4.71. The second kappa shape index (κ2) is 6.99. The predicted octanol–water partition coefficient (Wildman–Crippen LogP) is 3.56. The molecular weight excluding hydrogens is 310 g/mol. The first-order chi connectivity index (χ1) is 11.2. The zero-order chi connectivity index (χ0) is 16.2. The lowest BCUT2D eigenvalue weighted by molar-refractivity contribution is 0.311. The first kappa shape index (κ1) is 15.8. The van der Waals surface area contributed by atoms with E-state index < -0.39 is 0 Å². The van der Waals surface area contributed by atoms with Gasteiger partial charge in [0.1, 0.15) is 17.5 Å². The van der Waals surface area contributed by atoms with Crippen LogP contribution < -0.4 is 5.32 Å². The lowest BCUT2D eigenvalue weighted by Gasteiger charge is -2.22. The van der Waals surface area contributed by atoms with E-state index >= 15 is 0 Å². The van der Waals surface area contributed by atoms with E-state index in [4.69, 9.17) is 16.7 Å². The molecule has 0 aliphatic heterocycles. The zero-order valence-electron chi connectivity index (χ0n) is 12.8. The van der Waals surface area contributed by atoms with Crippen molar-refractivity contribution >= 4 is 17.4 Å². The first-order valence-electron chi connectivity index (χ1n) is 7.81. The molecule has 1 aliphatic rings. The number of hydrogen-bond acceptors (Lipinski definition) is 4. The number of aliphatic hydroxyl groups excluding tert-OH is 1. The van der Waals surface area contributed by atoms with Crippen LogP contribution in [-0.2, 0) is 12.8 Å². The number of aromatic nitrogens is 1. The lowest BCUT2D eigenvalue weighted by Crippen LogP contribution is -2.15. The Bertz CT molecular complexity index is 750. The van der Waals surface area contributed by atoms with Gasteiger partial charge in [-0.25, -0.2) is 4.98 Å². The molecule has 1 aliphatic carbocycles. The fourth-order valence-corrected chi connectivity index (χ4v) is 3.21. The van der Waals surface area contributed by atoms with E-state index in [2.05, 4.69) is 16.4 Å². The Hall–Kier alpha value is -2.09. The van der Waals surface area contributed by atoms with Gasteiger partial charge in [0.25, 0.3) is 0 Å². The molecule has 0 unspecified atom stereocenters. The Kier molecular flexibility index (Phi) is 4.80. The van der Waals surface area contributed by atoms with Gasteiger partial charge in [-0.05, 0) is 48.9 Å². The summed E-state index contributed by atoms with van der Waals surface area (Å²) < 4.78 is 0. The van der Waals surface area contributed by atoms with E-state index in [1.54, 1.807) is 0 Å². The minimum Gasteiger partial charge on any atom is -0.395 e. The van der Waals surface area contributed by atoms with Crippen molar-refractivity contribution in [2.75, 3.05) is 18.5 Å². The first-order valence-corrected chi connectivity index (χ1v) is 8.19. The molecule has 23 heavy (non-hydrogen) atoms. The highest BCUT2D eigenvalue weighted by Crippen LogP contribution is 2.37. The minimum atomic E-state index is -0.0000877. The number of rotatable bonds is 4. The van der Waals surface area contributed by atoms with Gasteiger partial charge in [0.05, 0.1) is 6.61 Å². The number of fused-ring (bicyclic) bond motifs is 1. The third-order valence-corrected chi connectivity index (χ3v) is 4.37. The maximum Gasteiger partial charge on any atom is 0.144 e. The molecule has 118 valence electrons. The Labute approximate surface area is 140 Å². The van der Waals surface area contributed by atoms with Gasteiger partial charge < -0.3 is 10.4 Å². The maximum absolute atomic E-state index is 9.70. The molecule has 2 N–H and O–H groups in total. The van der Waals surface area contributed by atoms with Crippen LogP contribution in [0.5, 0.6) is 0 Å². The van der Waals surface area contributed by atoms with Crippen LogP contribution in [0, 0.1) is 11.3 Å². The SMILES string of the molecule is N#Cc1c(NCCO)nc2c(c1-c1ccc(Cl)cc1)CCCC2. The number of benzene rings is 1. The minimum absolute atomic E-state index is 0.0000877.